The van der Waals surface area contributed by atoms with Gasteiger partial charge in [0, 0.05) is 42.4 Å². The molecule has 12 nitrogen and oxygen atoms in total. The zero-order valence-electron chi connectivity index (χ0n) is 43.0. The van der Waals surface area contributed by atoms with Gasteiger partial charge in [-0.2, -0.15) is 0 Å². The summed E-state index contributed by atoms with van der Waals surface area (Å²) in [7, 11) is -40.4. The summed E-state index contributed by atoms with van der Waals surface area (Å²) in [4.78, 5) is 0. The third kappa shape index (κ3) is 9.21. The molecule has 6 aliphatic rings. The lowest BCUT2D eigenvalue weighted by Gasteiger charge is -2.62. The monoisotopic (exact) mass is 1190 g/mol. The lowest BCUT2D eigenvalue weighted by Crippen LogP contribution is -2.95. The van der Waals surface area contributed by atoms with Gasteiger partial charge >= 0.3 is 70.4 Å². The molecule has 389 valence electrons. The molecule has 1 radical (unpaired) electrons. The molecule has 0 amide bonds. The van der Waals surface area contributed by atoms with Crippen LogP contribution in [0.5, 0.6) is 0 Å². The van der Waals surface area contributed by atoms with Gasteiger partial charge in [-0.15, -0.1) is 0 Å². The van der Waals surface area contributed by atoms with Crippen LogP contribution < -0.4 is 46.7 Å². The second-order valence-electron chi connectivity index (χ2n) is 20.7. The summed E-state index contributed by atoms with van der Waals surface area (Å²) in [6.07, 6.45) is 0.638. The first-order chi connectivity index (χ1) is 37.3. The van der Waals surface area contributed by atoms with Crippen LogP contribution in [0.25, 0.3) is 0 Å². The molecule has 6 aliphatic heterocycles. The molecule has 8 bridgehead atoms. The maximum absolute atomic E-state index is 8.30. The molecule has 77 heavy (non-hydrogen) atoms. The second kappa shape index (κ2) is 19.9. The summed E-state index contributed by atoms with van der Waals surface area (Å²) in [5, 5.41) is 7.02. The van der Waals surface area contributed by atoms with Gasteiger partial charge in [0.1, 0.15) is 0 Å². The highest BCUT2D eigenvalue weighted by atomic mass is 28.6. The van der Waals surface area contributed by atoms with Crippen molar-refractivity contribution in [1.29, 1.82) is 0 Å². The average molecular weight is 1190 g/mol. The highest BCUT2D eigenvalue weighted by Crippen LogP contribution is 2.49. The molecule has 0 saturated carbocycles. The van der Waals surface area contributed by atoms with Gasteiger partial charge in [-0.05, 0) is 0 Å². The fourth-order valence-electron chi connectivity index (χ4n) is 10.7. The van der Waals surface area contributed by atoms with Gasteiger partial charge in [0.05, 0.1) is 16.9 Å². The smallest absolute Gasteiger partial charge is 0.370 e. The minimum absolute atomic E-state index is 0.292. The SMILES string of the molecule is C[Si](C)c1ccc([Si](C)(C)CCC[Si]23O[Si]4(c5ccccc5)O[Si]5(c6ccccc6)O[Si](c6ccccc6)(O2)O[Si]2(c6ccccc6)O[Si](c6ccccc6)(O3)O[Si](c3ccccc3)(O4)O[Si](c3ccccc3)(O5)O2)cc1. The molecular formula is C55H57O12Si10. The van der Waals surface area contributed by atoms with E-state index in [9.17, 15) is 0 Å². The topological polar surface area (TPSA) is 111 Å². The first-order valence-electron chi connectivity index (χ1n) is 26.1. The van der Waals surface area contributed by atoms with E-state index in [2.05, 4.69) is 50.5 Å². The maximum Gasteiger partial charge on any atom is 0.515 e. The van der Waals surface area contributed by atoms with Gasteiger partial charge in [0.2, 0.25) is 0 Å². The van der Waals surface area contributed by atoms with E-state index in [1.54, 1.807) is 0 Å². The van der Waals surface area contributed by atoms with Gasteiger partial charge in [-0.3, -0.25) is 0 Å². The molecule has 0 aromatic heterocycles. The molecule has 6 heterocycles. The van der Waals surface area contributed by atoms with E-state index in [1.807, 2.05) is 212 Å². The van der Waals surface area contributed by atoms with E-state index < -0.39 is 87.3 Å². The maximum atomic E-state index is 8.30. The van der Waals surface area contributed by atoms with Gasteiger partial charge in [0.25, 0.3) is 0 Å². The largest absolute Gasteiger partial charge is 0.515 e. The van der Waals surface area contributed by atoms with E-state index in [4.69, 9.17) is 49.4 Å². The van der Waals surface area contributed by atoms with E-state index in [-0.39, 0.29) is 0 Å². The number of rotatable bonds is 13. The summed E-state index contributed by atoms with van der Waals surface area (Å²) in [5.74, 6) is 0. The minimum Gasteiger partial charge on any atom is -0.370 e. The molecule has 0 aliphatic carbocycles. The van der Waals surface area contributed by atoms with Crippen molar-refractivity contribution in [3.05, 3.63) is 237 Å². The predicted molar refractivity (Wildman–Crippen MR) is 316 cm³/mol. The summed E-state index contributed by atoms with van der Waals surface area (Å²) in [5.41, 5.74) is 0. The van der Waals surface area contributed by atoms with Crippen molar-refractivity contribution in [2.45, 2.75) is 44.7 Å². The molecule has 6 fully saturated rings. The lowest BCUT2D eigenvalue weighted by atomic mass is 10.4. The van der Waals surface area contributed by atoms with E-state index in [1.165, 1.54) is 10.4 Å². The van der Waals surface area contributed by atoms with E-state index in [0.29, 0.717) is 48.8 Å². The van der Waals surface area contributed by atoms with E-state index >= 15 is 0 Å². The standard InChI is InChI=1S/C55H57O12Si10/c1-68(2)47-41-43-48(44-42-47)69(3,4)45-26-46-70-56-71(49-27-12-5-13-28-49)59-74(52-33-18-8-19-34-52)61-72(57-70,50-29-14-6-15-30-50)63-76(54-37-22-10-23-38-54)64-73(58-70,51-31-16-7-17-32-51)62-75(60-71,53-35-20-9-21-36-53)66-77(65-74,67-76)55-39-24-11-25-40-55/h5-25,27-44H,26,45-46H2,1-4H3. The molecule has 0 spiro atoms. The zero-order chi connectivity index (χ0) is 52.5. The predicted octanol–water partition coefficient (Wildman–Crippen LogP) is 5.08. The summed E-state index contributed by atoms with van der Waals surface area (Å²) in [6, 6.07) is 79.0. The molecule has 0 N–H and O–H groups in total. The van der Waals surface area contributed by atoms with Gasteiger partial charge in [-0.25, -0.2) is 0 Å². The molecule has 8 aromatic rings. The van der Waals surface area contributed by atoms with Crippen molar-refractivity contribution in [2.75, 3.05) is 0 Å². The highest BCUT2D eigenvalue weighted by molar-refractivity contribution is 7.13. The molecule has 0 unspecified atom stereocenters. The van der Waals surface area contributed by atoms with Crippen LogP contribution in [0, 0.1) is 0 Å². The first kappa shape index (κ1) is 51.9. The van der Waals surface area contributed by atoms with Crippen LogP contribution in [0.15, 0.2) is 237 Å². The van der Waals surface area contributed by atoms with Crippen molar-refractivity contribution < 1.29 is 49.4 Å². The quantitative estimate of drug-likeness (QED) is 0.144. The molecule has 6 saturated heterocycles. The number of benzene rings is 8. The third-order valence-corrected chi connectivity index (χ3v) is 54.3. The first-order valence-corrected chi connectivity index (χ1v) is 45.8. The van der Waals surface area contributed by atoms with Crippen LogP contribution in [0.2, 0.25) is 38.3 Å². The van der Waals surface area contributed by atoms with Crippen LogP contribution >= 0.6 is 0 Å². The summed E-state index contributed by atoms with van der Waals surface area (Å²) >= 11 is 0. The fraction of sp³-hybridized carbons (Fsp3) is 0.127. The Morgan fingerprint density at radius 1 is 0.299 bits per heavy atom. The van der Waals surface area contributed by atoms with Crippen LogP contribution in [0.1, 0.15) is 6.42 Å². The number of hydrogen-bond donors (Lipinski definition) is 0. The average Bonchev–Trinajstić information content (AvgIpc) is 3.60. The van der Waals surface area contributed by atoms with Crippen LogP contribution in [-0.4, -0.2) is 87.3 Å². The molecule has 14 rings (SSSR count). The Hall–Kier alpha value is -4.55. The molecule has 22 heteroatoms. The van der Waals surface area contributed by atoms with Crippen LogP contribution in [-0.2, 0) is 49.4 Å². The second-order valence-corrected chi connectivity index (χ2v) is 51.6. The number of hydrogen-bond acceptors (Lipinski definition) is 12. The molecular weight excluding hydrogens is 1130 g/mol. The molecule has 0 atom stereocenters. The van der Waals surface area contributed by atoms with Crippen molar-refractivity contribution >= 4 is 134 Å². The Morgan fingerprint density at radius 3 is 0.740 bits per heavy atom. The Morgan fingerprint density at radius 2 is 0.519 bits per heavy atom. The van der Waals surface area contributed by atoms with Gasteiger partial charge in [0.15, 0.2) is 0 Å². The minimum atomic E-state index is -4.75. The van der Waals surface area contributed by atoms with Crippen molar-refractivity contribution in [3.8, 4) is 0 Å². The Kier molecular flexibility index (Phi) is 13.4. The van der Waals surface area contributed by atoms with Gasteiger partial charge in [-0.1, -0.05) is 286 Å². The molecule has 8 aromatic carbocycles. The third-order valence-electron chi connectivity index (χ3n) is 14.7. The zero-order valence-corrected chi connectivity index (χ0v) is 53.0. The fourth-order valence-corrected chi connectivity index (χ4v) is 60.9. The Bertz CT molecular complexity index is 3060. The normalized spacial score (nSPS) is 31.4. The van der Waals surface area contributed by atoms with Gasteiger partial charge < -0.3 is 49.4 Å². The Labute approximate surface area is 461 Å². The van der Waals surface area contributed by atoms with Crippen LogP contribution in [0.3, 0.4) is 0 Å². The lowest BCUT2D eigenvalue weighted by molar-refractivity contribution is -0.00665. The van der Waals surface area contributed by atoms with E-state index in [0.717, 1.165) is 6.04 Å². The van der Waals surface area contributed by atoms with Crippen LogP contribution in [0.4, 0.5) is 0 Å². The Balaban J connectivity index is 1.15. The highest BCUT2D eigenvalue weighted by Gasteiger charge is 2.86. The van der Waals surface area contributed by atoms with Crippen molar-refractivity contribution in [2.24, 2.45) is 0 Å². The van der Waals surface area contributed by atoms with Crippen molar-refractivity contribution in [3.63, 3.8) is 0 Å². The summed E-state index contributed by atoms with van der Waals surface area (Å²) < 4.78 is 98.9. The summed E-state index contributed by atoms with van der Waals surface area (Å²) in [6.45, 7) is 9.52. The van der Waals surface area contributed by atoms with Crippen molar-refractivity contribution in [1.82, 2.24) is 0 Å².